The summed E-state index contributed by atoms with van der Waals surface area (Å²) in [6.07, 6.45) is 0. The molecule has 0 fully saturated rings. The third kappa shape index (κ3) is 9.80. The molecule has 0 spiro atoms. The summed E-state index contributed by atoms with van der Waals surface area (Å²) < 4.78 is 0. The molecular weight excluding hydrogens is 627 g/mol. The molecule has 4 heteroatoms. The van der Waals surface area contributed by atoms with E-state index in [-0.39, 0.29) is 10.8 Å². The van der Waals surface area contributed by atoms with Gasteiger partial charge in [0.15, 0.2) is 0 Å². The van der Waals surface area contributed by atoms with E-state index in [1.807, 2.05) is 0 Å². The first-order valence-corrected chi connectivity index (χ1v) is 21.3. The minimum absolute atomic E-state index is 0.201. The first-order chi connectivity index (χ1) is 20.9. The van der Waals surface area contributed by atoms with Crippen molar-refractivity contribution in [3.63, 3.8) is 0 Å². The van der Waals surface area contributed by atoms with Gasteiger partial charge in [-0.15, -0.1) is 69.1 Å². The summed E-state index contributed by atoms with van der Waals surface area (Å²) in [4.78, 5) is 0. The van der Waals surface area contributed by atoms with Crippen molar-refractivity contribution in [2.24, 2.45) is 0 Å². The minimum atomic E-state index is -0.556. The quantitative estimate of drug-likeness (QED) is 0.127. The van der Waals surface area contributed by atoms with Crippen LogP contribution in [0.15, 0.2) is 121 Å². The topological polar surface area (TPSA) is 0 Å². The molecule has 0 bridgehead atoms. The van der Waals surface area contributed by atoms with Crippen molar-refractivity contribution in [3.8, 4) is 22.3 Å². The van der Waals surface area contributed by atoms with Crippen LogP contribution in [0.25, 0.3) is 43.8 Å². The summed E-state index contributed by atoms with van der Waals surface area (Å²) in [5, 5.41) is 5.40. The molecule has 0 aliphatic rings. The maximum absolute atomic E-state index is 4.89. The van der Waals surface area contributed by atoms with Gasteiger partial charge in [0.1, 0.15) is 0 Å². The number of hydrogen-bond donors (Lipinski definition) is 0. The zero-order valence-corrected chi connectivity index (χ0v) is 31.4. The molecule has 2 radical (unpaired) electrons. The monoisotopic (exact) mass is 670 g/mol. The number of benzene rings is 4. The van der Waals surface area contributed by atoms with Crippen LogP contribution in [0.5, 0.6) is 0 Å². The van der Waals surface area contributed by atoms with Gasteiger partial charge in [-0.05, 0) is 22.0 Å². The van der Waals surface area contributed by atoms with Gasteiger partial charge in [0, 0.05) is 9.52 Å². The molecule has 6 aromatic carbocycles. The van der Waals surface area contributed by atoms with E-state index in [0.717, 1.165) is 9.52 Å². The molecule has 0 N–H and O–H groups in total. The van der Waals surface area contributed by atoms with E-state index >= 15 is 0 Å². The predicted molar refractivity (Wildman–Crippen MR) is 197 cm³/mol. The molecule has 0 amide bonds. The average molecular weight is 672 g/mol. The molecule has 0 heterocycles. The summed E-state index contributed by atoms with van der Waals surface area (Å²) in [5.74, 6) is 0. The molecular formula is C40H44Cl2SiTi-2. The molecule has 0 saturated carbocycles. The molecule has 44 heavy (non-hydrogen) atoms. The second-order valence-corrected chi connectivity index (χ2v) is 16.5. The first kappa shape index (κ1) is 36.1. The van der Waals surface area contributed by atoms with Crippen LogP contribution in [0, 0.1) is 0 Å². The van der Waals surface area contributed by atoms with E-state index in [9.17, 15) is 0 Å². The van der Waals surface area contributed by atoms with Gasteiger partial charge in [-0.1, -0.05) is 139 Å². The summed E-state index contributed by atoms with van der Waals surface area (Å²) >= 11 is -0.556. The van der Waals surface area contributed by atoms with Gasteiger partial charge in [0.25, 0.3) is 0 Å². The summed E-state index contributed by atoms with van der Waals surface area (Å²) in [6, 6.07) is 43.7. The van der Waals surface area contributed by atoms with Crippen molar-refractivity contribution in [2.45, 2.75) is 65.5 Å². The molecule has 0 saturated heterocycles. The number of halogens is 2. The second-order valence-electron chi connectivity index (χ2n) is 12.9. The van der Waals surface area contributed by atoms with Crippen molar-refractivity contribution >= 4 is 49.7 Å². The summed E-state index contributed by atoms with van der Waals surface area (Å²) in [5.41, 5.74) is 8.46. The Labute approximate surface area is 285 Å². The van der Waals surface area contributed by atoms with Crippen LogP contribution >= 0.6 is 18.6 Å². The van der Waals surface area contributed by atoms with Crippen molar-refractivity contribution in [1.82, 2.24) is 0 Å². The Morgan fingerprint density at radius 2 is 0.841 bits per heavy atom. The van der Waals surface area contributed by atoms with Gasteiger partial charge in [-0.2, -0.15) is 12.1 Å². The first-order valence-electron chi connectivity index (χ1n) is 15.0. The summed E-state index contributed by atoms with van der Waals surface area (Å²) in [7, 11) is 10.9. The molecule has 0 aliphatic heterocycles. The Bertz CT molecular complexity index is 1570. The molecule has 0 aliphatic carbocycles. The normalized spacial score (nSPS) is 11.0. The van der Waals surface area contributed by atoms with Gasteiger partial charge < -0.3 is 0 Å². The molecule has 6 rings (SSSR count). The third-order valence-corrected chi connectivity index (χ3v) is 7.40. The second kappa shape index (κ2) is 16.8. The number of fused-ring (bicyclic) bond motifs is 2. The molecule has 228 valence electrons. The Balaban J connectivity index is 0.000000204. The van der Waals surface area contributed by atoms with Crippen molar-refractivity contribution in [1.29, 1.82) is 0 Å². The zero-order chi connectivity index (χ0) is 32.3. The van der Waals surface area contributed by atoms with Crippen molar-refractivity contribution in [2.75, 3.05) is 0 Å². The fraction of sp³-hybridized carbons (Fsp3) is 0.250. The van der Waals surface area contributed by atoms with E-state index in [0.29, 0.717) is 0 Å². The van der Waals surface area contributed by atoms with E-state index in [1.165, 1.54) is 54.9 Å². The molecule has 0 atom stereocenters. The van der Waals surface area contributed by atoms with Crippen LogP contribution in [0.4, 0.5) is 0 Å². The SMILES string of the molecule is CC(C)(C)c1cc2c(-c3ccccc3)cccc2[cH-]1.CC(C)(C)c1cc2c(-c3ccccc3)cccc2[cH-]1.C[Si]C.[Cl][Ti][Cl]. The fourth-order valence-corrected chi connectivity index (χ4v) is 5.07. The van der Waals surface area contributed by atoms with Crippen molar-refractivity contribution in [3.05, 3.63) is 132 Å². The Hall–Kier alpha value is -2.39. The van der Waals surface area contributed by atoms with Crippen LogP contribution in [0.2, 0.25) is 13.1 Å². The van der Waals surface area contributed by atoms with E-state index in [4.69, 9.17) is 18.6 Å². The zero-order valence-electron chi connectivity index (χ0n) is 27.3. The molecule has 0 unspecified atom stereocenters. The van der Waals surface area contributed by atoms with Gasteiger partial charge in [-0.25, -0.2) is 0 Å². The number of rotatable bonds is 2. The van der Waals surface area contributed by atoms with Crippen LogP contribution < -0.4 is 0 Å². The van der Waals surface area contributed by atoms with Gasteiger partial charge in [0.05, 0.1) is 0 Å². The van der Waals surface area contributed by atoms with Crippen LogP contribution in [-0.2, 0) is 27.9 Å². The maximum atomic E-state index is 4.89. The predicted octanol–water partition coefficient (Wildman–Crippen LogP) is 13.2. The van der Waals surface area contributed by atoms with E-state index in [1.54, 1.807) is 0 Å². The van der Waals surface area contributed by atoms with Gasteiger partial charge in [0.2, 0.25) is 0 Å². The van der Waals surface area contributed by atoms with Crippen LogP contribution in [-0.4, -0.2) is 9.52 Å². The molecule has 0 aromatic heterocycles. The summed E-state index contributed by atoms with van der Waals surface area (Å²) in [6.45, 7) is 17.9. The van der Waals surface area contributed by atoms with E-state index in [2.05, 4.69) is 176 Å². The fourth-order valence-electron chi connectivity index (χ4n) is 5.07. The Morgan fingerprint density at radius 3 is 1.14 bits per heavy atom. The Morgan fingerprint density at radius 1 is 0.523 bits per heavy atom. The van der Waals surface area contributed by atoms with Crippen LogP contribution in [0.3, 0.4) is 0 Å². The van der Waals surface area contributed by atoms with Crippen molar-refractivity contribution < 1.29 is 17.0 Å². The number of hydrogen-bond acceptors (Lipinski definition) is 0. The third-order valence-electron chi connectivity index (χ3n) is 7.40. The van der Waals surface area contributed by atoms with Gasteiger partial charge in [-0.3, -0.25) is 0 Å². The van der Waals surface area contributed by atoms with Gasteiger partial charge >= 0.3 is 35.6 Å². The average Bonchev–Trinajstić information content (AvgIpc) is 3.65. The molecule has 0 nitrogen and oxygen atoms in total. The molecule has 6 aromatic rings. The standard InChI is InChI=1S/2C19H19.C2H6Si.2ClH.Ti/c2*1-19(2,3)16-12-15-10-7-11-17(18(15)13-16)14-8-5-4-6-9-14;1-3-2;;;/h2*4-13H,1-3H3;1-2H3;2*1H;/q2*-1;;;;+2/p-2. The van der Waals surface area contributed by atoms with E-state index < -0.39 is 17.0 Å². The Kier molecular flexibility index (Phi) is 13.8. The van der Waals surface area contributed by atoms with Crippen LogP contribution in [0.1, 0.15) is 52.7 Å².